The SMILES string of the molecule is COc1cnc(C(F)(F)F)c(OC(F)(F)F)c1CC(=O)O. The number of carbonyl (C=O) groups is 1. The molecule has 0 atom stereocenters. The number of methoxy groups -OCH3 is 1. The largest absolute Gasteiger partial charge is 0.573 e. The highest BCUT2D eigenvalue weighted by Gasteiger charge is 2.43. The van der Waals surface area contributed by atoms with E-state index in [1.807, 2.05) is 0 Å². The molecule has 0 aliphatic rings. The van der Waals surface area contributed by atoms with Crippen LogP contribution in [0.15, 0.2) is 6.20 Å². The molecule has 0 fully saturated rings. The van der Waals surface area contributed by atoms with Gasteiger partial charge in [-0.15, -0.1) is 13.2 Å². The summed E-state index contributed by atoms with van der Waals surface area (Å²) in [5.74, 6) is -3.97. The Hall–Kier alpha value is -2.20. The summed E-state index contributed by atoms with van der Waals surface area (Å²) in [5, 5.41) is 8.61. The molecule has 21 heavy (non-hydrogen) atoms. The van der Waals surface area contributed by atoms with Crippen molar-refractivity contribution >= 4 is 5.97 Å². The summed E-state index contributed by atoms with van der Waals surface area (Å²) in [4.78, 5) is 13.4. The normalized spacial score (nSPS) is 12.1. The van der Waals surface area contributed by atoms with Crippen molar-refractivity contribution < 1.29 is 45.7 Å². The molecule has 118 valence electrons. The molecule has 0 radical (unpaired) electrons. The van der Waals surface area contributed by atoms with Gasteiger partial charge in [0.1, 0.15) is 5.75 Å². The summed E-state index contributed by atoms with van der Waals surface area (Å²) in [6.45, 7) is 0. The molecule has 0 bridgehead atoms. The molecule has 1 rings (SSSR count). The highest BCUT2D eigenvalue weighted by molar-refractivity contribution is 5.73. The number of pyridine rings is 1. The molecule has 0 aliphatic carbocycles. The quantitative estimate of drug-likeness (QED) is 0.864. The number of ether oxygens (including phenoxy) is 2. The van der Waals surface area contributed by atoms with E-state index >= 15 is 0 Å². The van der Waals surface area contributed by atoms with E-state index in [0.29, 0.717) is 6.20 Å². The lowest BCUT2D eigenvalue weighted by Gasteiger charge is -2.19. The average Bonchev–Trinajstić information content (AvgIpc) is 2.27. The van der Waals surface area contributed by atoms with Crippen molar-refractivity contribution in [3.63, 3.8) is 0 Å². The minimum absolute atomic E-state index is 0.477. The second-order valence-electron chi connectivity index (χ2n) is 3.60. The molecule has 0 spiro atoms. The van der Waals surface area contributed by atoms with Gasteiger partial charge in [-0.1, -0.05) is 0 Å². The summed E-state index contributed by atoms with van der Waals surface area (Å²) < 4.78 is 82.6. The van der Waals surface area contributed by atoms with Gasteiger partial charge in [0, 0.05) is 0 Å². The molecular weight excluding hydrogens is 312 g/mol. The van der Waals surface area contributed by atoms with Crippen LogP contribution in [0.25, 0.3) is 0 Å². The number of carboxylic acid groups (broad SMARTS) is 1. The van der Waals surface area contributed by atoms with Crippen molar-refractivity contribution in [2.24, 2.45) is 0 Å². The van der Waals surface area contributed by atoms with Gasteiger partial charge in [0.15, 0.2) is 11.4 Å². The number of aliphatic carboxylic acids is 1. The van der Waals surface area contributed by atoms with E-state index in [-0.39, 0.29) is 0 Å². The summed E-state index contributed by atoms with van der Waals surface area (Å²) >= 11 is 0. The Bertz CT molecular complexity index is 540. The number of nitrogens with zero attached hydrogens (tertiary/aromatic N) is 1. The van der Waals surface area contributed by atoms with Crippen LogP contribution in [-0.4, -0.2) is 29.5 Å². The first-order chi connectivity index (χ1) is 9.45. The second kappa shape index (κ2) is 5.66. The molecule has 0 saturated carbocycles. The molecular formula is C10H7F6NO4. The van der Waals surface area contributed by atoms with Crippen molar-refractivity contribution in [1.29, 1.82) is 0 Å². The van der Waals surface area contributed by atoms with Crippen molar-refractivity contribution in [3.8, 4) is 11.5 Å². The maximum Gasteiger partial charge on any atom is 0.573 e. The lowest BCUT2D eigenvalue weighted by molar-refractivity contribution is -0.276. The van der Waals surface area contributed by atoms with Crippen LogP contribution in [0.2, 0.25) is 0 Å². The Balaban J connectivity index is 3.57. The molecule has 0 aliphatic heterocycles. The monoisotopic (exact) mass is 319 g/mol. The first-order valence-corrected chi connectivity index (χ1v) is 5.06. The van der Waals surface area contributed by atoms with Crippen molar-refractivity contribution in [3.05, 3.63) is 17.5 Å². The number of alkyl halides is 6. The van der Waals surface area contributed by atoms with E-state index < -0.39 is 47.7 Å². The highest BCUT2D eigenvalue weighted by Crippen LogP contribution is 2.42. The Morgan fingerprint density at radius 3 is 2.24 bits per heavy atom. The van der Waals surface area contributed by atoms with Gasteiger partial charge in [0.05, 0.1) is 25.3 Å². The molecule has 0 amide bonds. The third-order valence-corrected chi connectivity index (χ3v) is 2.13. The van der Waals surface area contributed by atoms with Crippen LogP contribution in [0.3, 0.4) is 0 Å². The third kappa shape index (κ3) is 4.39. The molecule has 1 N–H and O–H groups in total. The second-order valence-corrected chi connectivity index (χ2v) is 3.60. The number of halogens is 6. The van der Waals surface area contributed by atoms with E-state index in [4.69, 9.17) is 5.11 Å². The topological polar surface area (TPSA) is 68.7 Å². The van der Waals surface area contributed by atoms with Gasteiger partial charge in [-0.25, -0.2) is 4.98 Å². The highest BCUT2D eigenvalue weighted by atomic mass is 19.4. The maximum atomic E-state index is 12.7. The summed E-state index contributed by atoms with van der Waals surface area (Å²) in [5.41, 5.74) is -2.90. The van der Waals surface area contributed by atoms with Crippen LogP contribution in [0.5, 0.6) is 11.5 Å². The average molecular weight is 319 g/mol. The van der Waals surface area contributed by atoms with Gasteiger partial charge in [0.2, 0.25) is 0 Å². The fraction of sp³-hybridized carbons (Fsp3) is 0.400. The van der Waals surface area contributed by atoms with Gasteiger partial charge in [-0.3, -0.25) is 4.79 Å². The number of rotatable bonds is 4. The van der Waals surface area contributed by atoms with E-state index in [2.05, 4.69) is 14.5 Å². The molecule has 0 saturated heterocycles. The van der Waals surface area contributed by atoms with E-state index in [9.17, 15) is 31.1 Å². The van der Waals surface area contributed by atoms with Crippen LogP contribution in [-0.2, 0) is 17.4 Å². The predicted molar refractivity (Wildman–Crippen MR) is 53.8 cm³/mol. The molecule has 0 unspecified atom stereocenters. The van der Waals surface area contributed by atoms with E-state index in [1.54, 1.807) is 0 Å². The number of carboxylic acids is 1. The van der Waals surface area contributed by atoms with E-state index in [0.717, 1.165) is 7.11 Å². The van der Waals surface area contributed by atoms with Crippen LogP contribution < -0.4 is 9.47 Å². The zero-order valence-corrected chi connectivity index (χ0v) is 10.2. The smallest absolute Gasteiger partial charge is 0.495 e. The van der Waals surface area contributed by atoms with Crippen LogP contribution in [0, 0.1) is 0 Å². The predicted octanol–water partition coefficient (Wildman–Crippen LogP) is 2.63. The number of hydrogen-bond donors (Lipinski definition) is 1. The van der Waals surface area contributed by atoms with Crippen molar-refractivity contribution in [2.75, 3.05) is 7.11 Å². The third-order valence-electron chi connectivity index (χ3n) is 2.13. The van der Waals surface area contributed by atoms with Gasteiger partial charge in [-0.2, -0.15) is 13.2 Å². The summed E-state index contributed by atoms with van der Waals surface area (Å²) in [6, 6.07) is 0. The Morgan fingerprint density at radius 1 is 1.29 bits per heavy atom. The fourth-order valence-corrected chi connectivity index (χ4v) is 1.44. The summed E-state index contributed by atoms with van der Waals surface area (Å²) in [6.07, 6.45) is -11.4. The molecule has 1 aromatic rings. The minimum Gasteiger partial charge on any atom is -0.495 e. The molecule has 0 aromatic carbocycles. The van der Waals surface area contributed by atoms with Crippen molar-refractivity contribution in [1.82, 2.24) is 4.98 Å². The molecule has 1 aromatic heterocycles. The maximum absolute atomic E-state index is 12.7. The zero-order valence-electron chi connectivity index (χ0n) is 10.2. The molecule has 11 heteroatoms. The number of aromatic nitrogens is 1. The standard InChI is InChI=1S/C10H7F6NO4/c1-20-5-3-17-8(9(11,12)13)7(21-10(14,15)16)4(5)2-6(18)19/h3H,2H2,1H3,(H,18,19). The Kier molecular flexibility index (Phi) is 4.54. The van der Waals surface area contributed by atoms with Gasteiger partial charge < -0.3 is 14.6 Å². The Labute approximate surface area is 113 Å². The minimum atomic E-state index is -5.46. The molecule has 5 nitrogen and oxygen atoms in total. The lowest BCUT2D eigenvalue weighted by Crippen LogP contribution is -2.23. The Morgan fingerprint density at radius 2 is 1.86 bits per heavy atom. The fourth-order valence-electron chi connectivity index (χ4n) is 1.44. The van der Waals surface area contributed by atoms with E-state index in [1.165, 1.54) is 0 Å². The van der Waals surface area contributed by atoms with Crippen LogP contribution in [0.4, 0.5) is 26.3 Å². The number of hydrogen-bond acceptors (Lipinski definition) is 4. The van der Waals surface area contributed by atoms with Gasteiger partial charge >= 0.3 is 18.5 Å². The summed E-state index contributed by atoms with van der Waals surface area (Å²) in [7, 11) is 0.937. The lowest BCUT2D eigenvalue weighted by atomic mass is 10.1. The van der Waals surface area contributed by atoms with Crippen LogP contribution >= 0.6 is 0 Å². The van der Waals surface area contributed by atoms with Crippen LogP contribution in [0.1, 0.15) is 11.3 Å². The zero-order chi connectivity index (χ0) is 16.4. The van der Waals surface area contributed by atoms with Gasteiger partial charge in [-0.05, 0) is 0 Å². The molecule has 1 heterocycles. The van der Waals surface area contributed by atoms with Gasteiger partial charge in [0.25, 0.3) is 0 Å². The first kappa shape index (κ1) is 16.9. The van der Waals surface area contributed by atoms with Crippen molar-refractivity contribution in [2.45, 2.75) is 19.0 Å². The first-order valence-electron chi connectivity index (χ1n) is 5.06.